The van der Waals surface area contributed by atoms with Gasteiger partial charge in [0.2, 0.25) is 5.78 Å². The minimum atomic E-state index is -0.681. The average molecular weight is 222 g/mol. The predicted octanol–water partition coefficient (Wildman–Crippen LogP) is -0.614. The number of nitrogens with zero attached hydrogens (tertiary/aromatic N) is 3. The van der Waals surface area contributed by atoms with Crippen LogP contribution in [0.3, 0.4) is 0 Å². The van der Waals surface area contributed by atoms with E-state index in [0.29, 0.717) is 0 Å². The van der Waals surface area contributed by atoms with Crippen LogP contribution in [0.4, 0.5) is 0 Å². The van der Waals surface area contributed by atoms with E-state index in [1.807, 2.05) is 0 Å². The number of esters is 1. The highest BCUT2D eigenvalue weighted by Crippen LogP contribution is 1.98. The van der Waals surface area contributed by atoms with Crippen LogP contribution in [0.1, 0.15) is 17.3 Å². The van der Waals surface area contributed by atoms with Gasteiger partial charge in [-0.1, -0.05) is 0 Å². The van der Waals surface area contributed by atoms with Gasteiger partial charge in [-0.3, -0.25) is 4.79 Å². The summed E-state index contributed by atoms with van der Waals surface area (Å²) in [5.41, 5.74) is -0.599. The van der Waals surface area contributed by atoms with Crippen molar-refractivity contribution in [1.82, 2.24) is 14.1 Å². The zero-order valence-corrected chi connectivity index (χ0v) is 8.58. The molecule has 0 spiro atoms. The number of imidazole rings is 1. The monoisotopic (exact) mass is 222 g/mol. The van der Waals surface area contributed by atoms with Crippen LogP contribution in [0.2, 0.25) is 0 Å². The molecule has 0 amide bonds. The standard InChI is InChI=1S/C9H10N4O3/c1-2-16-8(15)6-5-11-9-12(7(6)14)3-4-13(9)10/h3-5H,2,10H2,1H3. The molecule has 0 unspecified atom stereocenters. The Morgan fingerprint density at radius 2 is 2.31 bits per heavy atom. The van der Waals surface area contributed by atoms with Gasteiger partial charge in [-0.2, -0.15) is 0 Å². The van der Waals surface area contributed by atoms with Gasteiger partial charge in [0.05, 0.1) is 12.8 Å². The molecule has 2 rings (SSSR count). The Hall–Kier alpha value is -2.31. The predicted molar refractivity (Wildman–Crippen MR) is 55.6 cm³/mol. The second-order valence-electron chi connectivity index (χ2n) is 3.07. The summed E-state index contributed by atoms with van der Waals surface area (Å²) in [6.07, 6.45) is 4.07. The Morgan fingerprint density at radius 1 is 1.56 bits per heavy atom. The van der Waals surface area contributed by atoms with Crippen molar-refractivity contribution < 1.29 is 9.53 Å². The van der Waals surface area contributed by atoms with E-state index in [4.69, 9.17) is 10.6 Å². The number of carbonyl (C=O) groups is 1. The molecule has 0 aliphatic carbocycles. The zero-order chi connectivity index (χ0) is 11.7. The SMILES string of the molecule is CCOC(=O)c1cnc2n(N)ccn2c1=O. The molecular formula is C9H10N4O3. The van der Waals surface area contributed by atoms with Gasteiger partial charge in [0.15, 0.2) is 0 Å². The third-order valence-corrected chi connectivity index (χ3v) is 2.08. The van der Waals surface area contributed by atoms with E-state index in [1.165, 1.54) is 27.7 Å². The van der Waals surface area contributed by atoms with Gasteiger partial charge in [-0.05, 0) is 6.92 Å². The van der Waals surface area contributed by atoms with Crippen molar-refractivity contribution in [2.24, 2.45) is 0 Å². The minimum absolute atomic E-state index is 0.106. The van der Waals surface area contributed by atoms with E-state index >= 15 is 0 Å². The number of nitrogen functional groups attached to an aromatic ring is 1. The summed E-state index contributed by atoms with van der Waals surface area (Å²) in [7, 11) is 0. The van der Waals surface area contributed by atoms with Crippen LogP contribution < -0.4 is 11.4 Å². The molecule has 2 N–H and O–H groups in total. The van der Waals surface area contributed by atoms with E-state index in [-0.39, 0.29) is 17.9 Å². The Bertz CT molecular complexity index is 598. The Balaban J connectivity index is 2.61. The molecule has 2 aromatic rings. The van der Waals surface area contributed by atoms with Crippen molar-refractivity contribution in [3.05, 3.63) is 34.5 Å². The van der Waals surface area contributed by atoms with Crippen LogP contribution in [0.15, 0.2) is 23.4 Å². The van der Waals surface area contributed by atoms with Gasteiger partial charge in [-0.25, -0.2) is 18.9 Å². The fraction of sp³-hybridized carbons (Fsp3) is 0.222. The summed E-state index contributed by atoms with van der Waals surface area (Å²) in [4.78, 5) is 27.1. The van der Waals surface area contributed by atoms with Crippen LogP contribution in [-0.2, 0) is 4.74 Å². The highest BCUT2D eigenvalue weighted by molar-refractivity contribution is 5.88. The van der Waals surface area contributed by atoms with Gasteiger partial charge in [0.25, 0.3) is 5.56 Å². The van der Waals surface area contributed by atoms with Crippen molar-refractivity contribution in [2.75, 3.05) is 12.4 Å². The van der Waals surface area contributed by atoms with Gasteiger partial charge < -0.3 is 10.6 Å². The molecule has 0 aliphatic heterocycles. The van der Waals surface area contributed by atoms with Crippen molar-refractivity contribution in [1.29, 1.82) is 0 Å². The first-order valence-corrected chi connectivity index (χ1v) is 4.66. The maximum Gasteiger partial charge on any atom is 0.345 e. The van der Waals surface area contributed by atoms with Gasteiger partial charge in [-0.15, -0.1) is 0 Å². The van der Waals surface area contributed by atoms with Crippen molar-refractivity contribution in [3.63, 3.8) is 0 Å². The first-order chi connectivity index (χ1) is 7.65. The molecule has 0 bridgehead atoms. The number of rotatable bonds is 2. The van der Waals surface area contributed by atoms with E-state index < -0.39 is 11.5 Å². The first kappa shape index (κ1) is 10.2. The fourth-order valence-corrected chi connectivity index (χ4v) is 1.34. The summed E-state index contributed by atoms with van der Waals surface area (Å²) >= 11 is 0. The lowest BCUT2D eigenvalue weighted by Gasteiger charge is -2.01. The summed E-state index contributed by atoms with van der Waals surface area (Å²) in [5, 5.41) is 0. The summed E-state index contributed by atoms with van der Waals surface area (Å²) in [5.74, 6) is 5.09. The van der Waals surface area contributed by atoms with E-state index in [0.717, 1.165) is 0 Å². The Kier molecular flexibility index (Phi) is 2.35. The molecule has 0 atom stereocenters. The zero-order valence-electron chi connectivity index (χ0n) is 8.58. The van der Waals surface area contributed by atoms with E-state index in [9.17, 15) is 9.59 Å². The third kappa shape index (κ3) is 1.42. The molecule has 0 aromatic carbocycles. The molecule has 2 heterocycles. The van der Waals surface area contributed by atoms with Crippen LogP contribution in [-0.4, -0.2) is 26.6 Å². The lowest BCUT2D eigenvalue weighted by molar-refractivity contribution is 0.0523. The largest absolute Gasteiger partial charge is 0.462 e. The minimum Gasteiger partial charge on any atom is -0.462 e. The first-order valence-electron chi connectivity index (χ1n) is 4.66. The van der Waals surface area contributed by atoms with Crippen LogP contribution in [0.25, 0.3) is 5.78 Å². The molecule has 0 saturated carbocycles. The van der Waals surface area contributed by atoms with E-state index in [2.05, 4.69) is 4.98 Å². The topological polar surface area (TPSA) is 91.6 Å². The molecule has 2 aromatic heterocycles. The fourth-order valence-electron chi connectivity index (χ4n) is 1.34. The smallest absolute Gasteiger partial charge is 0.345 e. The van der Waals surface area contributed by atoms with Gasteiger partial charge in [0, 0.05) is 12.4 Å². The lowest BCUT2D eigenvalue weighted by Crippen LogP contribution is -2.24. The Labute approximate surface area is 90.0 Å². The molecular weight excluding hydrogens is 212 g/mol. The third-order valence-electron chi connectivity index (χ3n) is 2.08. The average Bonchev–Trinajstić information content (AvgIpc) is 2.62. The number of aromatic nitrogens is 3. The summed E-state index contributed by atoms with van der Waals surface area (Å²) in [6, 6.07) is 0. The number of carbonyl (C=O) groups excluding carboxylic acids is 1. The molecule has 0 aliphatic rings. The van der Waals surface area contributed by atoms with Gasteiger partial charge >= 0.3 is 5.97 Å². The van der Waals surface area contributed by atoms with Crippen molar-refractivity contribution in [3.8, 4) is 0 Å². The van der Waals surface area contributed by atoms with E-state index in [1.54, 1.807) is 6.92 Å². The molecule has 16 heavy (non-hydrogen) atoms. The number of fused-ring (bicyclic) bond motifs is 1. The molecule has 7 heteroatoms. The quantitative estimate of drug-likeness (QED) is 0.540. The second kappa shape index (κ2) is 3.69. The Morgan fingerprint density at radius 3 is 3.00 bits per heavy atom. The molecule has 84 valence electrons. The van der Waals surface area contributed by atoms with Crippen LogP contribution in [0.5, 0.6) is 0 Å². The molecule has 0 saturated heterocycles. The van der Waals surface area contributed by atoms with Gasteiger partial charge in [0.1, 0.15) is 5.56 Å². The molecule has 0 radical (unpaired) electrons. The number of nitrogens with two attached hydrogens (primary N) is 1. The lowest BCUT2D eigenvalue weighted by atomic mass is 10.3. The molecule has 0 fully saturated rings. The second-order valence-corrected chi connectivity index (χ2v) is 3.07. The highest BCUT2D eigenvalue weighted by Gasteiger charge is 2.15. The summed E-state index contributed by atoms with van der Waals surface area (Å²) < 4.78 is 7.11. The highest BCUT2D eigenvalue weighted by atomic mass is 16.5. The number of ether oxygens (including phenoxy) is 1. The number of hydrogen-bond acceptors (Lipinski definition) is 5. The maximum absolute atomic E-state index is 11.8. The van der Waals surface area contributed by atoms with Crippen LogP contribution in [0, 0.1) is 0 Å². The normalized spacial score (nSPS) is 10.6. The van der Waals surface area contributed by atoms with Crippen molar-refractivity contribution in [2.45, 2.75) is 6.92 Å². The van der Waals surface area contributed by atoms with Crippen LogP contribution >= 0.6 is 0 Å². The molecule has 7 nitrogen and oxygen atoms in total. The maximum atomic E-state index is 11.8. The number of hydrogen-bond donors (Lipinski definition) is 1. The summed E-state index contributed by atoms with van der Waals surface area (Å²) in [6.45, 7) is 1.87. The van der Waals surface area contributed by atoms with Crippen molar-refractivity contribution >= 4 is 11.7 Å².